The summed E-state index contributed by atoms with van der Waals surface area (Å²) in [6.07, 6.45) is 5.01. The van der Waals surface area contributed by atoms with E-state index in [-0.39, 0.29) is 12.4 Å². The molecular weight excluding hydrogens is 250 g/mol. The summed E-state index contributed by atoms with van der Waals surface area (Å²) < 4.78 is 5.23. The Kier molecular flexibility index (Phi) is 6.12. The van der Waals surface area contributed by atoms with E-state index in [1.807, 2.05) is 13.8 Å². The van der Waals surface area contributed by atoms with Gasteiger partial charge in [0.25, 0.3) is 0 Å². The van der Waals surface area contributed by atoms with Gasteiger partial charge in [0.2, 0.25) is 0 Å². The highest BCUT2D eigenvalue weighted by molar-refractivity contribution is 5.85. The molecule has 5 heteroatoms. The van der Waals surface area contributed by atoms with E-state index in [9.17, 15) is 0 Å². The van der Waals surface area contributed by atoms with Crippen LogP contribution in [0.1, 0.15) is 42.7 Å². The predicted molar refractivity (Wildman–Crippen MR) is 74.9 cm³/mol. The van der Waals surface area contributed by atoms with Gasteiger partial charge in [0.15, 0.2) is 0 Å². The molecule has 0 aromatic carbocycles. The summed E-state index contributed by atoms with van der Waals surface area (Å²) in [6.45, 7) is 6.94. The lowest BCUT2D eigenvalue weighted by molar-refractivity contribution is 0.133. The molecule has 1 aliphatic heterocycles. The van der Waals surface area contributed by atoms with Crippen molar-refractivity contribution in [1.29, 1.82) is 0 Å². The Morgan fingerprint density at radius 3 is 2.78 bits per heavy atom. The van der Waals surface area contributed by atoms with Crippen LogP contribution in [0.4, 0.5) is 0 Å². The first-order valence-corrected chi connectivity index (χ1v) is 6.58. The Labute approximate surface area is 115 Å². The maximum atomic E-state index is 5.70. The predicted octanol–water partition coefficient (Wildman–Crippen LogP) is 2.42. The van der Waals surface area contributed by atoms with Crippen molar-refractivity contribution in [3.63, 3.8) is 0 Å². The number of nitrogens with two attached hydrogens (primary N) is 1. The largest absolute Gasteiger partial charge is 0.361 e. The van der Waals surface area contributed by atoms with E-state index < -0.39 is 0 Å². The summed E-state index contributed by atoms with van der Waals surface area (Å²) >= 11 is 0. The molecule has 0 aliphatic carbocycles. The second-order valence-corrected chi connectivity index (χ2v) is 5.00. The van der Waals surface area contributed by atoms with Crippen molar-refractivity contribution < 1.29 is 4.52 Å². The number of aryl methyl sites for hydroxylation is 2. The molecule has 1 aromatic heterocycles. The van der Waals surface area contributed by atoms with Crippen molar-refractivity contribution in [3.8, 4) is 0 Å². The third-order valence-corrected chi connectivity index (χ3v) is 3.79. The van der Waals surface area contributed by atoms with Crippen LogP contribution < -0.4 is 5.73 Å². The molecule has 0 spiro atoms. The van der Waals surface area contributed by atoms with Crippen molar-refractivity contribution in [2.24, 2.45) is 5.73 Å². The topological polar surface area (TPSA) is 55.3 Å². The maximum Gasteiger partial charge on any atom is 0.138 e. The summed E-state index contributed by atoms with van der Waals surface area (Å²) in [4.78, 5) is 2.54. The van der Waals surface area contributed by atoms with E-state index >= 15 is 0 Å². The lowest BCUT2D eigenvalue weighted by Crippen LogP contribution is -2.40. The first-order chi connectivity index (χ1) is 8.22. The molecule has 2 N–H and O–H groups in total. The van der Waals surface area contributed by atoms with Crippen LogP contribution in [0.15, 0.2) is 4.52 Å². The third kappa shape index (κ3) is 3.46. The molecule has 1 saturated heterocycles. The van der Waals surface area contributed by atoms with Crippen molar-refractivity contribution in [2.45, 2.75) is 52.1 Å². The van der Waals surface area contributed by atoms with E-state index in [1.54, 1.807) is 0 Å². The number of halogens is 1. The van der Waals surface area contributed by atoms with Gasteiger partial charge in [-0.2, -0.15) is 0 Å². The molecule has 18 heavy (non-hydrogen) atoms. The van der Waals surface area contributed by atoms with Gasteiger partial charge < -0.3 is 10.3 Å². The molecule has 0 amide bonds. The molecule has 104 valence electrons. The Morgan fingerprint density at radius 2 is 2.17 bits per heavy atom. The van der Waals surface area contributed by atoms with Crippen LogP contribution in [-0.4, -0.2) is 29.2 Å². The highest BCUT2D eigenvalue weighted by atomic mass is 35.5. The number of rotatable bonds is 4. The molecule has 1 aromatic rings. The second kappa shape index (κ2) is 7.12. The van der Waals surface area contributed by atoms with Gasteiger partial charge in [0.05, 0.1) is 5.69 Å². The fourth-order valence-electron chi connectivity index (χ4n) is 2.72. The van der Waals surface area contributed by atoms with Crippen molar-refractivity contribution >= 4 is 12.4 Å². The number of nitrogens with zero attached hydrogens (tertiary/aromatic N) is 2. The lowest BCUT2D eigenvalue weighted by atomic mass is 9.98. The molecule has 1 atom stereocenters. The zero-order valence-electron chi connectivity index (χ0n) is 11.3. The van der Waals surface area contributed by atoms with Gasteiger partial charge in [-0.25, -0.2) is 0 Å². The minimum Gasteiger partial charge on any atom is -0.361 e. The Bertz CT molecular complexity index is 346. The molecular formula is C13H24ClN3O. The summed E-state index contributed by atoms with van der Waals surface area (Å²) in [6, 6.07) is 0.641. The van der Waals surface area contributed by atoms with Gasteiger partial charge in [0.1, 0.15) is 5.76 Å². The maximum absolute atomic E-state index is 5.70. The van der Waals surface area contributed by atoms with Gasteiger partial charge in [-0.05, 0) is 46.2 Å². The first-order valence-electron chi connectivity index (χ1n) is 6.58. The van der Waals surface area contributed by atoms with Gasteiger partial charge in [-0.15, -0.1) is 12.4 Å². The summed E-state index contributed by atoms with van der Waals surface area (Å²) in [5.74, 6) is 0.958. The number of piperidine rings is 1. The SMILES string of the molecule is Cc1noc(C)c1CN1CCCCC1CCN.Cl. The van der Waals surface area contributed by atoms with Crippen molar-refractivity contribution in [2.75, 3.05) is 13.1 Å². The average molecular weight is 274 g/mol. The van der Waals surface area contributed by atoms with Crippen LogP contribution in [-0.2, 0) is 6.54 Å². The van der Waals surface area contributed by atoms with Gasteiger partial charge >= 0.3 is 0 Å². The number of hydrogen-bond acceptors (Lipinski definition) is 4. The minimum absolute atomic E-state index is 0. The van der Waals surface area contributed by atoms with Crippen LogP contribution in [0.25, 0.3) is 0 Å². The highest BCUT2D eigenvalue weighted by Crippen LogP contribution is 2.23. The molecule has 1 fully saturated rings. The molecule has 1 unspecified atom stereocenters. The van der Waals surface area contributed by atoms with Gasteiger partial charge in [-0.3, -0.25) is 4.90 Å². The minimum atomic E-state index is 0. The fraction of sp³-hybridized carbons (Fsp3) is 0.769. The van der Waals surface area contributed by atoms with E-state index in [0.717, 1.165) is 31.0 Å². The standard InChI is InChI=1S/C13H23N3O.ClH/c1-10-13(11(2)17-15-10)9-16-8-4-3-5-12(16)6-7-14;/h12H,3-9,14H2,1-2H3;1H. The molecule has 2 rings (SSSR count). The first kappa shape index (κ1) is 15.5. The smallest absolute Gasteiger partial charge is 0.138 e. The monoisotopic (exact) mass is 273 g/mol. The molecule has 0 bridgehead atoms. The van der Waals surface area contributed by atoms with Gasteiger partial charge in [0, 0.05) is 18.2 Å². The third-order valence-electron chi connectivity index (χ3n) is 3.79. The number of hydrogen-bond donors (Lipinski definition) is 1. The normalized spacial score (nSPS) is 20.7. The van der Waals surface area contributed by atoms with Gasteiger partial charge in [-0.1, -0.05) is 11.6 Å². The van der Waals surface area contributed by atoms with Crippen LogP contribution in [0.2, 0.25) is 0 Å². The van der Waals surface area contributed by atoms with Crippen LogP contribution in [0.3, 0.4) is 0 Å². The van der Waals surface area contributed by atoms with Crippen LogP contribution in [0.5, 0.6) is 0 Å². The summed E-state index contributed by atoms with van der Waals surface area (Å²) in [7, 11) is 0. The lowest BCUT2D eigenvalue weighted by Gasteiger charge is -2.35. The van der Waals surface area contributed by atoms with Crippen LogP contribution >= 0.6 is 12.4 Å². The van der Waals surface area contributed by atoms with E-state index in [4.69, 9.17) is 10.3 Å². The van der Waals surface area contributed by atoms with E-state index in [2.05, 4.69) is 10.1 Å². The van der Waals surface area contributed by atoms with Crippen LogP contribution in [0, 0.1) is 13.8 Å². The highest BCUT2D eigenvalue weighted by Gasteiger charge is 2.23. The molecule has 0 saturated carbocycles. The second-order valence-electron chi connectivity index (χ2n) is 5.00. The zero-order chi connectivity index (χ0) is 12.3. The zero-order valence-corrected chi connectivity index (χ0v) is 12.1. The summed E-state index contributed by atoms with van der Waals surface area (Å²) in [5, 5.41) is 4.03. The average Bonchev–Trinajstić information content (AvgIpc) is 2.64. The molecule has 0 radical (unpaired) electrons. The Hall–Kier alpha value is -0.580. The number of aromatic nitrogens is 1. The fourth-order valence-corrected chi connectivity index (χ4v) is 2.72. The Morgan fingerprint density at radius 1 is 1.39 bits per heavy atom. The number of likely N-dealkylation sites (tertiary alicyclic amines) is 1. The quantitative estimate of drug-likeness (QED) is 0.915. The van der Waals surface area contributed by atoms with Crippen molar-refractivity contribution in [1.82, 2.24) is 10.1 Å². The molecule has 1 aliphatic rings. The van der Waals surface area contributed by atoms with E-state index in [1.165, 1.54) is 31.4 Å². The summed E-state index contributed by atoms with van der Waals surface area (Å²) in [5.41, 5.74) is 7.98. The Balaban J connectivity index is 0.00000162. The molecule has 2 heterocycles. The van der Waals surface area contributed by atoms with E-state index in [0.29, 0.717) is 6.04 Å². The van der Waals surface area contributed by atoms with Crippen molar-refractivity contribution in [3.05, 3.63) is 17.0 Å². The molecule has 4 nitrogen and oxygen atoms in total.